The lowest BCUT2D eigenvalue weighted by atomic mass is 10.2. The molecule has 5 N–H and O–H groups in total. The maximum atomic E-state index is 12.2. The largest absolute Gasteiger partial charge is 0.497 e. The summed E-state index contributed by atoms with van der Waals surface area (Å²) in [7, 11) is 1.55. The standard InChI is InChI=1S/C18H16Cl2N6O2/c1-28-12-5-2-10(3-6-12)18(27)26-25-17-15(21)16(22-9-23-17)24-14-8-11(19)4-7-13(14)20/h2-9H,21H2,1H3,(H,26,27)(H2,22,23,24,25). The predicted molar refractivity (Wildman–Crippen MR) is 110 cm³/mol. The SMILES string of the molecule is COc1ccc(C(=O)NNc2ncnc(Nc3cc(Cl)ccc3Cl)c2N)cc1. The van der Waals surface area contributed by atoms with Gasteiger partial charge in [-0.3, -0.25) is 15.6 Å². The number of ether oxygens (including phenoxy) is 1. The molecule has 0 spiro atoms. The number of nitrogens with zero attached hydrogens (tertiary/aromatic N) is 2. The van der Waals surface area contributed by atoms with Crippen LogP contribution in [0, 0.1) is 0 Å². The number of aromatic nitrogens is 2. The van der Waals surface area contributed by atoms with Crippen LogP contribution in [0.15, 0.2) is 48.8 Å². The fourth-order valence-corrected chi connectivity index (χ4v) is 2.58. The average molecular weight is 419 g/mol. The summed E-state index contributed by atoms with van der Waals surface area (Å²) < 4.78 is 5.07. The third kappa shape index (κ3) is 4.54. The van der Waals surface area contributed by atoms with Gasteiger partial charge in [-0.25, -0.2) is 9.97 Å². The fourth-order valence-electron chi connectivity index (χ4n) is 2.25. The molecule has 1 aromatic heterocycles. The molecule has 0 aliphatic heterocycles. The Morgan fingerprint density at radius 2 is 1.79 bits per heavy atom. The molecule has 0 bridgehead atoms. The van der Waals surface area contributed by atoms with Gasteiger partial charge in [0, 0.05) is 10.6 Å². The molecule has 10 heteroatoms. The molecule has 0 unspecified atom stereocenters. The highest BCUT2D eigenvalue weighted by Gasteiger charge is 2.12. The number of halogens is 2. The van der Waals surface area contributed by atoms with Crippen LogP contribution in [0.5, 0.6) is 5.75 Å². The van der Waals surface area contributed by atoms with E-state index in [0.717, 1.165) is 0 Å². The summed E-state index contributed by atoms with van der Waals surface area (Å²) in [5, 5.41) is 3.95. The zero-order valence-electron chi connectivity index (χ0n) is 14.7. The summed E-state index contributed by atoms with van der Waals surface area (Å²) in [4.78, 5) is 20.4. The van der Waals surface area contributed by atoms with Crippen LogP contribution in [-0.4, -0.2) is 23.0 Å². The van der Waals surface area contributed by atoms with Crippen LogP contribution in [0.3, 0.4) is 0 Å². The van der Waals surface area contributed by atoms with Crippen LogP contribution < -0.4 is 26.6 Å². The van der Waals surface area contributed by atoms with E-state index in [1.807, 2.05) is 0 Å². The number of carbonyl (C=O) groups is 1. The zero-order valence-corrected chi connectivity index (χ0v) is 16.2. The summed E-state index contributed by atoms with van der Waals surface area (Å²) in [5.41, 5.74) is 12.5. The van der Waals surface area contributed by atoms with Crippen molar-refractivity contribution in [2.75, 3.05) is 23.6 Å². The number of nitrogens with one attached hydrogen (secondary N) is 3. The third-order valence-electron chi connectivity index (χ3n) is 3.71. The first-order valence-corrected chi connectivity index (χ1v) is 8.76. The maximum absolute atomic E-state index is 12.2. The van der Waals surface area contributed by atoms with Crippen molar-refractivity contribution in [3.05, 3.63) is 64.4 Å². The number of amides is 1. The molecule has 0 aliphatic carbocycles. The second-order valence-corrected chi connectivity index (χ2v) is 6.38. The zero-order chi connectivity index (χ0) is 20.1. The Morgan fingerprint density at radius 3 is 2.50 bits per heavy atom. The Hall–Kier alpha value is -3.23. The van der Waals surface area contributed by atoms with Crippen molar-refractivity contribution < 1.29 is 9.53 Å². The Labute approximate surface area is 171 Å². The first-order chi connectivity index (χ1) is 13.5. The maximum Gasteiger partial charge on any atom is 0.269 e. The third-order valence-corrected chi connectivity index (χ3v) is 4.28. The minimum atomic E-state index is -0.368. The monoisotopic (exact) mass is 418 g/mol. The van der Waals surface area contributed by atoms with Crippen LogP contribution in [0.4, 0.5) is 23.0 Å². The number of carbonyl (C=O) groups excluding carboxylic acids is 1. The molecule has 3 rings (SSSR count). The average Bonchev–Trinajstić information content (AvgIpc) is 2.71. The number of hydrogen-bond donors (Lipinski definition) is 4. The highest BCUT2D eigenvalue weighted by atomic mass is 35.5. The first-order valence-electron chi connectivity index (χ1n) is 8.01. The van der Waals surface area contributed by atoms with Crippen molar-refractivity contribution in [3.63, 3.8) is 0 Å². The number of nitrogen functional groups attached to an aromatic ring is 1. The number of rotatable bonds is 6. The number of anilines is 4. The van der Waals surface area contributed by atoms with Crippen molar-refractivity contribution in [1.29, 1.82) is 0 Å². The minimum Gasteiger partial charge on any atom is -0.497 e. The Kier molecular flexibility index (Phi) is 6.03. The van der Waals surface area contributed by atoms with Crippen LogP contribution in [0.2, 0.25) is 10.0 Å². The van der Waals surface area contributed by atoms with E-state index in [9.17, 15) is 4.79 Å². The van der Waals surface area contributed by atoms with Gasteiger partial charge in [0.1, 0.15) is 17.8 Å². The molecule has 144 valence electrons. The molecule has 3 aromatic rings. The van der Waals surface area contributed by atoms with Gasteiger partial charge in [0.2, 0.25) is 0 Å². The number of nitrogens with two attached hydrogens (primary N) is 1. The van der Waals surface area contributed by atoms with Crippen LogP contribution in [0.1, 0.15) is 10.4 Å². The molecule has 0 saturated carbocycles. The summed E-state index contributed by atoms with van der Waals surface area (Å²) in [6.45, 7) is 0. The van der Waals surface area contributed by atoms with E-state index in [1.54, 1.807) is 49.6 Å². The van der Waals surface area contributed by atoms with E-state index in [1.165, 1.54) is 6.33 Å². The highest BCUT2D eigenvalue weighted by Crippen LogP contribution is 2.31. The van der Waals surface area contributed by atoms with Gasteiger partial charge in [0.05, 0.1) is 17.8 Å². The summed E-state index contributed by atoms with van der Waals surface area (Å²) >= 11 is 12.1. The highest BCUT2D eigenvalue weighted by molar-refractivity contribution is 6.35. The van der Waals surface area contributed by atoms with Gasteiger partial charge in [-0.2, -0.15) is 0 Å². The number of benzene rings is 2. The molecule has 0 radical (unpaired) electrons. The molecular formula is C18H16Cl2N6O2. The van der Waals surface area contributed by atoms with Crippen molar-refractivity contribution in [1.82, 2.24) is 15.4 Å². The van der Waals surface area contributed by atoms with Crippen LogP contribution in [0.25, 0.3) is 0 Å². The number of methoxy groups -OCH3 is 1. The van der Waals surface area contributed by atoms with Gasteiger partial charge in [-0.05, 0) is 42.5 Å². The van der Waals surface area contributed by atoms with Crippen LogP contribution in [-0.2, 0) is 0 Å². The van der Waals surface area contributed by atoms with Gasteiger partial charge in [-0.1, -0.05) is 23.2 Å². The van der Waals surface area contributed by atoms with Crippen molar-refractivity contribution in [3.8, 4) is 5.75 Å². The number of hydrogen-bond acceptors (Lipinski definition) is 7. The minimum absolute atomic E-state index is 0.188. The summed E-state index contributed by atoms with van der Waals surface area (Å²) in [6, 6.07) is 11.6. The van der Waals surface area contributed by atoms with Crippen molar-refractivity contribution in [2.45, 2.75) is 0 Å². The lowest BCUT2D eigenvalue weighted by molar-refractivity contribution is 0.0962. The molecule has 0 fully saturated rings. The topological polar surface area (TPSA) is 114 Å². The Bertz CT molecular complexity index is 998. The van der Waals surface area contributed by atoms with Gasteiger partial charge < -0.3 is 15.8 Å². The normalized spacial score (nSPS) is 10.2. The Balaban J connectivity index is 1.72. The van der Waals surface area contributed by atoms with Gasteiger partial charge in [0.15, 0.2) is 11.6 Å². The molecular weight excluding hydrogens is 403 g/mol. The molecule has 8 nitrogen and oxygen atoms in total. The lowest BCUT2D eigenvalue weighted by Crippen LogP contribution is -2.30. The van der Waals surface area contributed by atoms with E-state index >= 15 is 0 Å². The second kappa shape index (κ2) is 8.64. The van der Waals surface area contributed by atoms with Gasteiger partial charge >= 0.3 is 0 Å². The number of hydrazine groups is 1. The fraction of sp³-hybridized carbons (Fsp3) is 0.0556. The predicted octanol–water partition coefficient (Wildman–Crippen LogP) is 3.87. The van der Waals surface area contributed by atoms with Gasteiger partial charge in [0.25, 0.3) is 5.91 Å². The van der Waals surface area contributed by atoms with Gasteiger partial charge in [-0.15, -0.1) is 0 Å². The Morgan fingerprint density at radius 1 is 1.07 bits per heavy atom. The smallest absolute Gasteiger partial charge is 0.269 e. The van der Waals surface area contributed by atoms with E-state index in [4.69, 9.17) is 33.7 Å². The quantitative estimate of drug-likeness (QED) is 0.449. The lowest BCUT2D eigenvalue weighted by Gasteiger charge is -2.14. The molecule has 0 saturated heterocycles. The van der Waals surface area contributed by atoms with E-state index in [0.29, 0.717) is 32.9 Å². The molecule has 0 atom stereocenters. The van der Waals surface area contributed by atoms with E-state index in [-0.39, 0.29) is 17.4 Å². The molecule has 0 aliphatic rings. The van der Waals surface area contributed by atoms with Crippen molar-refractivity contribution >= 4 is 52.1 Å². The molecule has 28 heavy (non-hydrogen) atoms. The molecule has 1 heterocycles. The van der Waals surface area contributed by atoms with Crippen molar-refractivity contribution in [2.24, 2.45) is 0 Å². The van der Waals surface area contributed by atoms with E-state index < -0.39 is 0 Å². The second-order valence-electron chi connectivity index (χ2n) is 5.54. The summed E-state index contributed by atoms with van der Waals surface area (Å²) in [6.07, 6.45) is 1.29. The molecule has 1 amide bonds. The first kappa shape index (κ1) is 19.5. The molecule has 2 aromatic carbocycles. The summed E-state index contributed by atoms with van der Waals surface area (Å²) in [5.74, 6) is 0.811. The van der Waals surface area contributed by atoms with E-state index in [2.05, 4.69) is 26.1 Å². The van der Waals surface area contributed by atoms with Crippen LogP contribution >= 0.6 is 23.2 Å².